The first-order valence-corrected chi connectivity index (χ1v) is 6.86. The topological polar surface area (TPSA) is 24.5 Å². The molecule has 0 spiro atoms. The van der Waals surface area contributed by atoms with Gasteiger partial charge in [0.2, 0.25) is 0 Å². The summed E-state index contributed by atoms with van der Waals surface area (Å²) < 4.78 is 20.3. The Morgan fingerprint density at radius 3 is 2.89 bits per heavy atom. The van der Waals surface area contributed by atoms with Gasteiger partial charge in [0.25, 0.3) is 0 Å². The highest BCUT2D eigenvalue weighted by Gasteiger charge is 2.52. The highest BCUT2D eigenvalue weighted by molar-refractivity contribution is 7.80. The van der Waals surface area contributed by atoms with Crippen LogP contribution in [0.1, 0.15) is 25.5 Å². The normalized spacial score (nSPS) is 32.5. The van der Waals surface area contributed by atoms with Crippen LogP contribution in [0.2, 0.25) is 5.02 Å². The van der Waals surface area contributed by atoms with E-state index >= 15 is 0 Å². The molecule has 1 aromatic carbocycles. The molecule has 0 radical (unpaired) electrons. The van der Waals surface area contributed by atoms with E-state index < -0.39 is 11.5 Å². The van der Waals surface area contributed by atoms with Crippen molar-refractivity contribution >= 4 is 28.9 Å². The molecule has 19 heavy (non-hydrogen) atoms. The van der Waals surface area contributed by atoms with Gasteiger partial charge >= 0.3 is 0 Å². The molecule has 3 unspecified atom stereocenters. The fraction of sp³-hybridized carbons (Fsp3) is 0.462. The molecule has 3 rings (SSSR count). The van der Waals surface area contributed by atoms with E-state index in [0.717, 1.165) is 0 Å². The van der Waals surface area contributed by atoms with E-state index in [1.165, 1.54) is 6.07 Å². The van der Waals surface area contributed by atoms with Crippen LogP contribution in [-0.4, -0.2) is 22.8 Å². The van der Waals surface area contributed by atoms with Gasteiger partial charge in [0.05, 0.1) is 16.6 Å². The van der Waals surface area contributed by atoms with Crippen molar-refractivity contribution in [2.75, 3.05) is 7.05 Å². The van der Waals surface area contributed by atoms with Gasteiger partial charge in [0, 0.05) is 13.0 Å². The van der Waals surface area contributed by atoms with Crippen LogP contribution in [0.4, 0.5) is 4.39 Å². The molecule has 3 atom stereocenters. The zero-order valence-corrected chi connectivity index (χ0v) is 12.4. The fourth-order valence-corrected chi connectivity index (χ4v) is 3.28. The third kappa shape index (κ3) is 1.58. The summed E-state index contributed by atoms with van der Waals surface area (Å²) in [4.78, 5) is 1.87. The van der Waals surface area contributed by atoms with E-state index in [1.807, 2.05) is 25.8 Å². The monoisotopic (exact) mass is 300 g/mol. The summed E-state index contributed by atoms with van der Waals surface area (Å²) in [6, 6.07) is 3.00. The average molecular weight is 301 g/mol. The molecule has 1 fully saturated rings. The van der Waals surface area contributed by atoms with Crippen molar-refractivity contribution in [1.82, 2.24) is 10.2 Å². The van der Waals surface area contributed by atoms with E-state index in [9.17, 15) is 4.39 Å². The minimum Gasteiger partial charge on any atom is -0.467 e. The number of nitrogens with zero attached hydrogens (tertiary/aromatic N) is 1. The highest BCUT2D eigenvalue weighted by Crippen LogP contribution is 2.49. The van der Waals surface area contributed by atoms with Gasteiger partial charge < -0.3 is 15.0 Å². The Balaban J connectivity index is 2.22. The van der Waals surface area contributed by atoms with Crippen LogP contribution in [0.5, 0.6) is 5.75 Å². The average Bonchev–Trinajstić information content (AvgIpc) is 2.36. The second-order valence-corrected chi connectivity index (χ2v) is 6.00. The minimum absolute atomic E-state index is 0.0321. The molecule has 2 bridgehead atoms. The number of halogens is 2. The Labute approximate surface area is 121 Å². The smallest absolute Gasteiger partial charge is 0.186 e. The van der Waals surface area contributed by atoms with E-state index in [4.69, 9.17) is 28.6 Å². The molecule has 3 nitrogen and oxygen atoms in total. The van der Waals surface area contributed by atoms with E-state index in [-0.39, 0.29) is 17.0 Å². The second-order valence-electron chi connectivity index (χ2n) is 5.20. The van der Waals surface area contributed by atoms with Crippen LogP contribution in [0.15, 0.2) is 12.1 Å². The predicted octanol–water partition coefficient (Wildman–Crippen LogP) is 3.08. The predicted molar refractivity (Wildman–Crippen MR) is 75.8 cm³/mol. The number of nitrogens with one attached hydrogen (secondary N) is 1. The van der Waals surface area contributed by atoms with Gasteiger partial charge in [-0.3, -0.25) is 0 Å². The lowest BCUT2D eigenvalue weighted by molar-refractivity contribution is -0.101. The van der Waals surface area contributed by atoms with Crippen molar-refractivity contribution in [2.45, 2.75) is 25.6 Å². The van der Waals surface area contributed by atoms with Gasteiger partial charge in [0.15, 0.2) is 16.7 Å². The van der Waals surface area contributed by atoms with Crippen LogP contribution in [0, 0.1) is 11.7 Å². The standard InChI is InChI=1S/C13H14ClFN2OS/c1-6-11-9-8(5-4-7(14)10(9)15)18-13(6,2)17(3)12(19)16-11/h4-6,11H,1-3H3,(H,16,19). The van der Waals surface area contributed by atoms with E-state index in [2.05, 4.69) is 5.32 Å². The zero-order chi connectivity index (χ0) is 13.9. The highest BCUT2D eigenvalue weighted by atomic mass is 35.5. The summed E-state index contributed by atoms with van der Waals surface area (Å²) in [6.07, 6.45) is 0. The van der Waals surface area contributed by atoms with Crippen molar-refractivity contribution in [2.24, 2.45) is 5.92 Å². The third-order valence-electron chi connectivity index (χ3n) is 4.31. The molecule has 0 saturated carbocycles. The molecule has 0 aliphatic carbocycles. The summed E-state index contributed by atoms with van der Waals surface area (Å²) >= 11 is 11.2. The first-order chi connectivity index (χ1) is 8.86. The first kappa shape index (κ1) is 12.9. The Hall–Kier alpha value is -1.07. The number of benzene rings is 1. The van der Waals surface area contributed by atoms with Gasteiger partial charge in [-0.1, -0.05) is 18.5 Å². The van der Waals surface area contributed by atoms with Crippen molar-refractivity contribution in [3.05, 3.63) is 28.5 Å². The molecule has 0 aromatic heterocycles. The number of hydrogen-bond donors (Lipinski definition) is 1. The van der Waals surface area contributed by atoms with Crippen LogP contribution in [0.3, 0.4) is 0 Å². The van der Waals surface area contributed by atoms with Gasteiger partial charge in [0.1, 0.15) is 5.75 Å². The van der Waals surface area contributed by atoms with Crippen molar-refractivity contribution < 1.29 is 9.13 Å². The van der Waals surface area contributed by atoms with Crippen molar-refractivity contribution in [1.29, 1.82) is 0 Å². The SMILES string of the molecule is CC1C2NC(=S)N(C)C1(C)Oc1ccc(Cl)c(F)c12. The summed E-state index contributed by atoms with van der Waals surface area (Å²) in [5, 5.41) is 3.83. The molecule has 6 heteroatoms. The number of thiocarbonyl (C=S) groups is 1. The Bertz CT molecular complexity index is 582. The summed E-state index contributed by atoms with van der Waals surface area (Å²) in [5.74, 6) is 0.122. The van der Waals surface area contributed by atoms with Gasteiger partial charge in [-0.05, 0) is 31.3 Å². The Kier molecular flexibility index (Phi) is 2.70. The van der Waals surface area contributed by atoms with Gasteiger partial charge in [-0.25, -0.2) is 4.39 Å². The quantitative estimate of drug-likeness (QED) is 0.744. The molecule has 1 saturated heterocycles. The number of fused-ring (bicyclic) bond motifs is 4. The molecular weight excluding hydrogens is 287 g/mol. The van der Waals surface area contributed by atoms with Gasteiger partial charge in [-0.15, -0.1) is 0 Å². The maximum absolute atomic E-state index is 14.3. The number of ether oxygens (including phenoxy) is 1. The molecule has 2 heterocycles. The fourth-order valence-electron chi connectivity index (χ4n) is 2.80. The molecule has 2 aliphatic rings. The maximum atomic E-state index is 14.3. The number of rotatable bonds is 0. The zero-order valence-electron chi connectivity index (χ0n) is 10.8. The molecular formula is C13H14ClFN2OS. The summed E-state index contributed by atoms with van der Waals surface area (Å²) in [6.45, 7) is 3.98. The molecule has 2 aliphatic heterocycles. The van der Waals surface area contributed by atoms with E-state index in [0.29, 0.717) is 16.4 Å². The first-order valence-electron chi connectivity index (χ1n) is 6.07. The summed E-state index contributed by atoms with van der Waals surface area (Å²) in [7, 11) is 1.87. The maximum Gasteiger partial charge on any atom is 0.186 e. The van der Waals surface area contributed by atoms with Crippen molar-refractivity contribution in [3.8, 4) is 5.75 Å². The number of hydrogen-bond acceptors (Lipinski definition) is 2. The van der Waals surface area contributed by atoms with Crippen LogP contribution in [0.25, 0.3) is 0 Å². The minimum atomic E-state index is -0.583. The molecule has 1 N–H and O–H groups in total. The Morgan fingerprint density at radius 2 is 2.21 bits per heavy atom. The second kappa shape index (κ2) is 3.96. The van der Waals surface area contributed by atoms with Crippen LogP contribution >= 0.6 is 23.8 Å². The largest absolute Gasteiger partial charge is 0.467 e. The molecule has 1 aromatic rings. The molecule has 102 valence electrons. The lowest BCUT2D eigenvalue weighted by atomic mass is 9.81. The van der Waals surface area contributed by atoms with Gasteiger partial charge in [-0.2, -0.15) is 0 Å². The summed E-state index contributed by atoms with van der Waals surface area (Å²) in [5.41, 5.74) is -0.117. The van der Waals surface area contributed by atoms with E-state index in [1.54, 1.807) is 6.07 Å². The lowest BCUT2D eigenvalue weighted by Gasteiger charge is -2.55. The molecule has 0 amide bonds. The van der Waals surface area contributed by atoms with Crippen molar-refractivity contribution in [3.63, 3.8) is 0 Å². The lowest BCUT2D eigenvalue weighted by Crippen LogP contribution is -2.67. The third-order valence-corrected chi connectivity index (χ3v) is 5.00. The van der Waals surface area contributed by atoms with Crippen LogP contribution < -0.4 is 10.1 Å². The van der Waals surface area contributed by atoms with Crippen LogP contribution in [-0.2, 0) is 0 Å². The Morgan fingerprint density at radius 1 is 1.53 bits per heavy atom.